The van der Waals surface area contributed by atoms with E-state index in [0.29, 0.717) is 17.7 Å². The maximum Gasteiger partial charge on any atom is 0.193 e. The Morgan fingerprint density at radius 3 is 2.48 bits per heavy atom. The summed E-state index contributed by atoms with van der Waals surface area (Å²) in [5.41, 5.74) is 4.48. The molecule has 108 valence electrons. The lowest BCUT2D eigenvalue weighted by Gasteiger charge is -2.11. The lowest BCUT2D eigenvalue weighted by molar-refractivity contribution is 0.103. The van der Waals surface area contributed by atoms with Crippen LogP contribution in [0.15, 0.2) is 30.3 Å². The fourth-order valence-electron chi connectivity index (χ4n) is 2.90. The first kappa shape index (κ1) is 13.7. The lowest BCUT2D eigenvalue weighted by atomic mass is 9.97. The Labute approximate surface area is 124 Å². The van der Waals surface area contributed by atoms with Crippen molar-refractivity contribution in [2.24, 2.45) is 0 Å². The minimum absolute atomic E-state index is 0.0403. The summed E-state index contributed by atoms with van der Waals surface area (Å²) in [6.07, 6.45) is 0.872. The van der Waals surface area contributed by atoms with Gasteiger partial charge in [-0.1, -0.05) is 0 Å². The van der Waals surface area contributed by atoms with Gasteiger partial charge in [0.2, 0.25) is 0 Å². The van der Waals surface area contributed by atoms with Crippen molar-refractivity contribution in [3.05, 3.63) is 58.1 Å². The van der Waals surface area contributed by atoms with Crippen LogP contribution in [0.1, 0.15) is 32.6 Å². The first-order valence-corrected chi connectivity index (χ1v) is 7.06. The largest absolute Gasteiger partial charge is 0.496 e. The normalized spacial score (nSPS) is 12.7. The van der Waals surface area contributed by atoms with Crippen LogP contribution in [0.5, 0.6) is 11.5 Å². The van der Waals surface area contributed by atoms with Gasteiger partial charge in [0, 0.05) is 17.5 Å². The first-order chi connectivity index (χ1) is 10.1. The van der Waals surface area contributed by atoms with E-state index in [1.165, 1.54) is 0 Å². The Hall–Kier alpha value is -2.29. The molecule has 2 aromatic rings. The second kappa shape index (κ2) is 5.24. The number of hydrogen-bond donors (Lipinski definition) is 0. The van der Waals surface area contributed by atoms with Crippen LogP contribution in [0, 0.1) is 13.8 Å². The van der Waals surface area contributed by atoms with Crippen molar-refractivity contribution in [3.63, 3.8) is 0 Å². The van der Waals surface area contributed by atoms with E-state index in [2.05, 4.69) is 0 Å². The van der Waals surface area contributed by atoms with Gasteiger partial charge < -0.3 is 9.47 Å². The van der Waals surface area contributed by atoms with Crippen LogP contribution in [-0.4, -0.2) is 19.5 Å². The van der Waals surface area contributed by atoms with Crippen molar-refractivity contribution in [2.75, 3.05) is 13.7 Å². The molecule has 3 rings (SSSR count). The van der Waals surface area contributed by atoms with Crippen LogP contribution >= 0.6 is 0 Å². The number of benzene rings is 2. The summed E-state index contributed by atoms with van der Waals surface area (Å²) in [5, 5.41) is 0. The van der Waals surface area contributed by atoms with Crippen molar-refractivity contribution in [3.8, 4) is 11.5 Å². The Kier molecular flexibility index (Phi) is 3.42. The van der Waals surface area contributed by atoms with Crippen LogP contribution in [0.4, 0.5) is 0 Å². The zero-order valence-corrected chi connectivity index (χ0v) is 12.5. The molecule has 0 saturated carbocycles. The molecule has 0 unspecified atom stereocenters. The molecule has 0 amide bonds. The predicted octanol–water partition coefficient (Wildman–Crippen LogP) is 3.48. The van der Waals surface area contributed by atoms with Crippen molar-refractivity contribution >= 4 is 5.78 Å². The van der Waals surface area contributed by atoms with Crippen LogP contribution in [0.2, 0.25) is 0 Å². The summed E-state index contributed by atoms with van der Waals surface area (Å²) in [6, 6.07) is 9.44. The number of carbonyl (C=O) groups excluding carboxylic acids is 1. The Balaban J connectivity index is 1.99. The van der Waals surface area contributed by atoms with Crippen LogP contribution in [-0.2, 0) is 6.42 Å². The second-order valence-corrected chi connectivity index (χ2v) is 5.39. The summed E-state index contributed by atoms with van der Waals surface area (Å²) in [5.74, 6) is 1.78. The summed E-state index contributed by atoms with van der Waals surface area (Å²) >= 11 is 0. The monoisotopic (exact) mass is 282 g/mol. The topological polar surface area (TPSA) is 35.5 Å². The molecule has 0 aromatic heterocycles. The summed E-state index contributed by atoms with van der Waals surface area (Å²) < 4.78 is 10.8. The lowest BCUT2D eigenvalue weighted by Crippen LogP contribution is -2.04. The number of ether oxygens (including phenoxy) is 2. The molecule has 0 fully saturated rings. The molecule has 0 N–H and O–H groups in total. The highest BCUT2D eigenvalue weighted by atomic mass is 16.5. The number of rotatable bonds is 3. The number of fused-ring (bicyclic) bond motifs is 1. The Morgan fingerprint density at radius 1 is 1.10 bits per heavy atom. The second-order valence-electron chi connectivity index (χ2n) is 5.39. The molecular weight excluding hydrogens is 264 g/mol. The van der Waals surface area contributed by atoms with Gasteiger partial charge in [-0.15, -0.1) is 0 Å². The van der Waals surface area contributed by atoms with Crippen LogP contribution in [0.3, 0.4) is 0 Å². The smallest absolute Gasteiger partial charge is 0.193 e. The first-order valence-electron chi connectivity index (χ1n) is 7.06. The maximum absolute atomic E-state index is 12.7. The summed E-state index contributed by atoms with van der Waals surface area (Å²) in [7, 11) is 1.65. The third-order valence-corrected chi connectivity index (χ3v) is 3.88. The minimum atomic E-state index is 0.0403. The van der Waals surface area contributed by atoms with E-state index in [1.54, 1.807) is 7.11 Å². The summed E-state index contributed by atoms with van der Waals surface area (Å²) in [4.78, 5) is 12.7. The molecule has 0 radical (unpaired) electrons. The predicted molar refractivity (Wildman–Crippen MR) is 81.5 cm³/mol. The third-order valence-electron chi connectivity index (χ3n) is 3.88. The number of hydrogen-bond acceptors (Lipinski definition) is 3. The molecule has 0 atom stereocenters. The molecule has 3 nitrogen and oxygen atoms in total. The van der Waals surface area contributed by atoms with Gasteiger partial charge in [0.05, 0.1) is 13.7 Å². The Morgan fingerprint density at radius 2 is 1.81 bits per heavy atom. The maximum atomic E-state index is 12.7. The van der Waals surface area contributed by atoms with E-state index in [1.807, 2.05) is 44.2 Å². The number of carbonyl (C=O) groups is 1. The van der Waals surface area contributed by atoms with E-state index < -0.39 is 0 Å². The van der Waals surface area contributed by atoms with E-state index in [0.717, 1.165) is 34.6 Å². The molecule has 0 bridgehead atoms. The molecule has 0 saturated heterocycles. The SMILES string of the molecule is COc1c(C)cc(C(=O)c2ccc3c(c2)CCO3)cc1C. The fraction of sp³-hybridized carbons (Fsp3) is 0.278. The number of ketones is 1. The average Bonchev–Trinajstić information content (AvgIpc) is 2.93. The average molecular weight is 282 g/mol. The van der Waals surface area contributed by atoms with Gasteiger partial charge in [0.1, 0.15) is 11.5 Å². The molecule has 21 heavy (non-hydrogen) atoms. The van der Waals surface area contributed by atoms with Gasteiger partial charge in [0.25, 0.3) is 0 Å². The Bertz CT molecular complexity index is 693. The van der Waals surface area contributed by atoms with E-state index in [-0.39, 0.29) is 5.78 Å². The zero-order valence-electron chi connectivity index (χ0n) is 12.5. The van der Waals surface area contributed by atoms with Gasteiger partial charge in [-0.3, -0.25) is 4.79 Å². The van der Waals surface area contributed by atoms with Crippen molar-refractivity contribution in [2.45, 2.75) is 20.3 Å². The van der Waals surface area contributed by atoms with Crippen molar-refractivity contribution < 1.29 is 14.3 Å². The summed E-state index contributed by atoms with van der Waals surface area (Å²) in [6.45, 7) is 4.62. The van der Waals surface area contributed by atoms with E-state index in [9.17, 15) is 4.79 Å². The van der Waals surface area contributed by atoms with Gasteiger partial charge in [-0.05, 0) is 60.9 Å². The van der Waals surface area contributed by atoms with Crippen molar-refractivity contribution in [1.29, 1.82) is 0 Å². The van der Waals surface area contributed by atoms with Gasteiger partial charge >= 0.3 is 0 Å². The molecule has 1 heterocycles. The molecule has 3 heteroatoms. The van der Waals surface area contributed by atoms with Gasteiger partial charge in [-0.2, -0.15) is 0 Å². The fourth-order valence-corrected chi connectivity index (χ4v) is 2.90. The number of methoxy groups -OCH3 is 1. The highest BCUT2D eigenvalue weighted by molar-refractivity contribution is 6.09. The molecule has 0 spiro atoms. The van der Waals surface area contributed by atoms with Crippen LogP contribution < -0.4 is 9.47 Å². The standard InChI is InChI=1S/C18H18O3/c1-11-8-15(9-12(2)18(11)20-3)17(19)14-4-5-16-13(10-14)6-7-21-16/h4-5,8-10H,6-7H2,1-3H3. The van der Waals surface area contributed by atoms with E-state index in [4.69, 9.17) is 9.47 Å². The molecule has 1 aliphatic heterocycles. The minimum Gasteiger partial charge on any atom is -0.496 e. The van der Waals surface area contributed by atoms with E-state index >= 15 is 0 Å². The molecule has 0 aliphatic carbocycles. The molecule has 2 aromatic carbocycles. The third kappa shape index (κ3) is 2.40. The molecule has 1 aliphatic rings. The van der Waals surface area contributed by atoms with Gasteiger partial charge in [-0.25, -0.2) is 0 Å². The highest BCUT2D eigenvalue weighted by Gasteiger charge is 2.17. The highest BCUT2D eigenvalue weighted by Crippen LogP contribution is 2.29. The quantitative estimate of drug-likeness (QED) is 0.809. The van der Waals surface area contributed by atoms with Gasteiger partial charge in [0.15, 0.2) is 5.78 Å². The number of aryl methyl sites for hydroxylation is 2. The van der Waals surface area contributed by atoms with Crippen LogP contribution in [0.25, 0.3) is 0 Å². The van der Waals surface area contributed by atoms with Crippen molar-refractivity contribution in [1.82, 2.24) is 0 Å². The molecular formula is C18H18O3. The zero-order chi connectivity index (χ0) is 15.0.